The number of aromatic nitrogens is 2. The Labute approximate surface area is 121 Å². The molecule has 0 bridgehead atoms. The lowest BCUT2D eigenvalue weighted by atomic mass is 9.90. The second-order valence-corrected chi connectivity index (χ2v) is 5.92. The van der Waals surface area contributed by atoms with Gasteiger partial charge in [0.05, 0.1) is 5.69 Å². The number of hydrogen-bond acceptors (Lipinski definition) is 2. The fraction of sp³-hybridized carbons (Fsp3) is 0.471. The molecular formula is C17H25N3. The van der Waals surface area contributed by atoms with Gasteiger partial charge in [-0.15, -0.1) is 0 Å². The molecule has 0 spiro atoms. The van der Waals surface area contributed by atoms with Gasteiger partial charge in [0.1, 0.15) is 0 Å². The van der Waals surface area contributed by atoms with Crippen LogP contribution in [0.4, 0.5) is 0 Å². The van der Waals surface area contributed by atoms with Crippen LogP contribution in [0.15, 0.2) is 24.3 Å². The highest BCUT2D eigenvalue weighted by atomic mass is 15.3. The molecular weight excluding hydrogens is 246 g/mol. The molecule has 1 heterocycles. The maximum atomic E-state index is 6.07. The predicted octanol–water partition coefficient (Wildman–Crippen LogP) is 3.25. The summed E-state index contributed by atoms with van der Waals surface area (Å²) in [4.78, 5) is 0. The lowest BCUT2D eigenvalue weighted by Crippen LogP contribution is -2.18. The van der Waals surface area contributed by atoms with Crippen molar-refractivity contribution in [2.75, 3.05) is 6.54 Å². The molecule has 2 rings (SSSR count). The molecule has 0 fully saturated rings. The van der Waals surface area contributed by atoms with E-state index in [0.717, 1.165) is 5.69 Å². The Hall–Kier alpha value is -1.61. The number of benzene rings is 1. The van der Waals surface area contributed by atoms with E-state index in [2.05, 4.69) is 57.1 Å². The lowest BCUT2D eigenvalue weighted by molar-refractivity contribution is 0.647. The van der Waals surface area contributed by atoms with Gasteiger partial charge < -0.3 is 5.73 Å². The van der Waals surface area contributed by atoms with Crippen molar-refractivity contribution in [1.82, 2.24) is 9.78 Å². The maximum Gasteiger partial charge on any atom is 0.0653 e. The van der Waals surface area contributed by atoms with E-state index < -0.39 is 0 Å². The highest BCUT2D eigenvalue weighted by molar-refractivity contribution is 5.38. The van der Waals surface area contributed by atoms with Crippen molar-refractivity contribution in [1.29, 1.82) is 0 Å². The molecule has 2 N–H and O–H groups in total. The van der Waals surface area contributed by atoms with Gasteiger partial charge in [0.15, 0.2) is 0 Å². The third kappa shape index (κ3) is 2.78. The zero-order chi connectivity index (χ0) is 14.9. The first-order valence-corrected chi connectivity index (χ1v) is 7.25. The molecule has 0 aliphatic rings. The van der Waals surface area contributed by atoms with Crippen LogP contribution in [-0.2, 0) is 7.05 Å². The van der Waals surface area contributed by atoms with E-state index in [1.54, 1.807) is 0 Å². The van der Waals surface area contributed by atoms with Gasteiger partial charge in [0.25, 0.3) is 0 Å². The zero-order valence-corrected chi connectivity index (χ0v) is 13.1. The van der Waals surface area contributed by atoms with Gasteiger partial charge in [0, 0.05) is 25.2 Å². The molecule has 1 aromatic heterocycles. The van der Waals surface area contributed by atoms with Crippen LogP contribution in [0.5, 0.6) is 0 Å². The highest BCUT2D eigenvalue weighted by Crippen LogP contribution is 2.28. The largest absolute Gasteiger partial charge is 0.329 e. The van der Waals surface area contributed by atoms with Crippen LogP contribution in [0.2, 0.25) is 0 Å². The summed E-state index contributed by atoms with van der Waals surface area (Å²) >= 11 is 0. The van der Waals surface area contributed by atoms with Gasteiger partial charge in [-0.05, 0) is 37.0 Å². The summed E-state index contributed by atoms with van der Waals surface area (Å²) in [7, 11) is 2.01. The quantitative estimate of drug-likeness (QED) is 0.927. The molecule has 1 unspecified atom stereocenters. The molecule has 0 saturated heterocycles. The number of rotatable bonds is 4. The van der Waals surface area contributed by atoms with Crippen molar-refractivity contribution in [2.45, 2.75) is 39.5 Å². The molecule has 2 aromatic rings. The van der Waals surface area contributed by atoms with E-state index in [-0.39, 0.29) is 5.92 Å². The average molecular weight is 271 g/mol. The van der Waals surface area contributed by atoms with Gasteiger partial charge in [-0.25, -0.2) is 0 Å². The van der Waals surface area contributed by atoms with E-state index >= 15 is 0 Å². The smallest absolute Gasteiger partial charge is 0.0653 e. The number of nitrogens with two attached hydrogens (primary N) is 1. The van der Waals surface area contributed by atoms with Crippen LogP contribution in [0.25, 0.3) is 0 Å². The second kappa shape index (κ2) is 5.80. The summed E-state index contributed by atoms with van der Waals surface area (Å²) in [5, 5.41) is 4.62. The predicted molar refractivity (Wildman–Crippen MR) is 84.1 cm³/mol. The van der Waals surface area contributed by atoms with Crippen LogP contribution >= 0.6 is 0 Å². The van der Waals surface area contributed by atoms with Gasteiger partial charge in [-0.2, -0.15) is 5.10 Å². The minimum atomic E-state index is 0.208. The SMILES string of the molecule is Cc1ccc(C)c(C(CN)c2cc(C(C)C)nn2C)c1. The standard InChI is InChI=1S/C17H25N3/c1-11(2)16-9-17(20(5)19-16)15(10-18)14-8-12(3)6-7-13(14)4/h6-9,11,15H,10,18H2,1-5H3. The fourth-order valence-electron chi connectivity index (χ4n) is 2.66. The molecule has 1 atom stereocenters. The van der Waals surface area contributed by atoms with Gasteiger partial charge in [-0.1, -0.05) is 37.6 Å². The number of aryl methyl sites for hydroxylation is 3. The molecule has 3 heteroatoms. The van der Waals surface area contributed by atoms with Gasteiger partial charge in [0.2, 0.25) is 0 Å². The lowest BCUT2D eigenvalue weighted by Gasteiger charge is -2.18. The Balaban J connectivity index is 2.49. The molecule has 0 saturated carbocycles. The zero-order valence-electron chi connectivity index (χ0n) is 13.1. The Kier molecular flexibility index (Phi) is 4.29. The Bertz CT molecular complexity index is 596. The first-order valence-electron chi connectivity index (χ1n) is 7.25. The van der Waals surface area contributed by atoms with Crippen molar-refractivity contribution in [3.63, 3.8) is 0 Å². The number of hydrogen-bond donors (Lipinski definition) is 1. The molecule has 20 heavy (non-hydrogen) atoms. The van der Waals surface area contributed by atoms with Crippen molar-refractivity contribution in [3.05, 3.63) is 52.3 Å². The molecule has 0 amide bonds. The Morgan fingerprint density at radius 1 is 1.20 bits per heavy atom. The van der Waals surface area contributed by atoms with Crippen molar-refractivity contribution >= 4 is 0 Å². The highest BCUT2D eigenvalue weighted by Gasteiger charge is 2.20. The Morgan fingerprint density at radius 2 is 1.90 bits per heavy atom. The van der Waals surface area contributed by atoms with Gasteiger partial charge >= 0.3 is 0 Å². The van der Waals surface area contributed by atoms with Crippen molar-refractivity contribution in [2.24, 2.45) is 12.8 Å². The monoisotopic (exact) mass is 271 g/mol. The van der Waals surface area contributed by atoms with Crippen LogP contribution in [-0.4, -0.2) is 16.3 Å². The van der Waals surface area contributed by atoms with E-state index in [1.165, 1.54) is 22.4 Å². The molecule has 0 radical (unpaired) electrons. The first-order chi connectivity index (χ1) is 9.43. The summed E-state index contributed by atoms with van der Waals surface area (Å²) in [6.45, 7) is 9.21. The van der Waals surface area contributed by atoms with Gasteiger partial charge in [-0.3, -0.25) is 4.68 Å². The Morgan fingerprint density at radius 3 is 2.45 bits per heavy atom. The first kappa shape index (κ1) is 14.8. The maximum absolute atomic E-state index is 6.07. The molecule has 108 valence electrons. The summed E-state index contributed by atoms with van der Waals surface area (Å²) in [6, 6.07) is 8.77. The second-order valence-electron chi connectivity index (χ2n) is 5.92. The van der Waals surface area contributed by atoms with E-state index in [0.29, 0.717) is 12.5 Å². The van der Waals surface area contributed by atoms with E-state index in [1.807, 2.05) is 11.7 Å². The molecule has 3 nitrogen and oxygen atoms in total. The van der Waals surface area contributed by atoms with E-state index in [4.69, 9.17) is 5.73 Å². The summed E-state index contributed by atoms with van der Waals surface area (Å²) in [6.07, 6.45) is 0. The topological polar surface area (TPSA) is 43.8 Å². The summed E-state index contributed by atoms with van der Waals surface area (Å²) in [5.74, 6) is 0.645. The normalized spacial score (nSPS) is 12.9. The van der Waals surface area contributed by atoms with Crippen molar-refractivity contribution < 1.29 is 0 Å². The minimum Gasteiger partial charge on any atom is -0.329 e. The van der Waals surface area contributed by atoms with E-state index in [9.17, 15) is 0 Å². The van der Waals surface area contributed by atoms with Crippen LogP contribution in [0.3, 0.4) is 0 Å². The third-order valence-corrected chi connectivity index (χ3v) is 3.93. The molecule has 1 aromatic carbocycles. The summed E-state index contributed by atoms with van der Waals surface area (Å²) in [5.41, 5.74) is 12.3. The van der Waals surface area contributed by atoms with Crippen LogP contribution in [0.1, 0.15) is 53.8 Å². The fourth-order valence-corrected chi connectivity index (χ4v) is 2.66. The van der Waals surface area contributed by atoms with Crippen LogP contribution in [0, 0.1) is 13.8 Å². The average Bonchev–Trinajstić information content (AvgIpc) is 2.77. The molecule has 0 aliphatic carbocycles. The number of nitrogens with zero attached hydrogens (tertiary/aromatic N) is 2. The third-order valence-electron chi connectivity index (χ3n) is 3.93. The van der Waals surface area contributed by atoms with Crippen molar-refractivity contribution in [3.8, 4) is 0 Å². The molecule has 0 aliphatic heterocycles. The minimum absolute atomic E-state index is 0.208. The van der Waals surface area contributed by atoms with Crippen LogP contribution < -0.4 is 5.73 Å². The summed E-state index contributed by atoms with van der Waals surface area (Å²) < 4.78 is 1.98.